The van der Waals surface area contributed by atoms with Crippen LogP contribution in [0.3, 0.4) is 0 Å². The molecule has 0 aromatic carbocycles. The summed E-state index contributed by atoms with van der Waals surface area (Å²) in [5.74, 6) is 0.505. The molecule has 7 heteroatoms. The van der Waals surface area contributed by atoms with E-state index in [2.05, 4.69) is 10.3 Å². The van der Waals surface area contributed by atoms with Gasteiger partial charge in [0.15, 0.2) is 5.11 Å². The molecule has 0 aliphatic carbocycles. The van der Waals surface area contributed by atoms with Gasteiger partial charge >= 0.3 is 5.97 Å². The number of nitrogens with zero attached hydrogens (tertiary/aromatic N) is 2. The molecule has 3 rings (SSSR count). The molecular weight excluding hydrogens is 314 g/mol. The van der Waals surface area contributed by atoms with Crippen LogP contribution in [0.4, 0.5) is 0 Å². The van der Waals surface area contributed by atoms with Crippen LogP contribution in [0.25, 0.3) is 0 Å². The summed E-state index contributed by atoms with van der Waals surface area (Å²) in [6, 6.07) is 9.20. The average Bonchev–Trinajstić information content (AvgIpc) is 3.21. The maximum Gasteiger partial charge on any atom is 0.307 e. The van der Waals surface area contributed by atoms with Gasteiger partial charge in [0.25, 0.3) is 0 Å². The smallest absolute Gasteiger partial charge is 0.307 e. The van der Waals surface area contributed by atoms with E-state index in [1.165, 1.54) is 7.11 Å². The van der Waals surface area contributed by atoms with Crippen LogP contribution in [0, 0.1) is 0 Å². The van der Waals surface area contributed by atoms with E-state index < -0.39 is 0 Å². The van der Waals surface area contributed by atoms with Crippen molar-refractivity contribution >= 4 is 23.3 Å². The summed E-state index contributed by atoms with van der Waals surface area (Å²) in [5, 5.41) is 3.86. The predicted octanol–water partition coefficient (Wildman–Crippen LogP) is 2.21. The fourth-order valence-electron chi connectivity index (χ4n) is 2.73. The standard InChI is InChI=1S/C16H17N3O3S/c1-21-13(20)7-9-19-15(12-6-4-10-22-12)14(18-16(19)23)11-5-2-3-8-17-11/h2-6,8,10,14-15H,7,9H2,1H3,(H,18,23)/t14-,15-/m0/s1. The lowest BCUT2D eigenvalue weighted by atomic mass is 10.0. The number of esters is 1. The lowest BCUT2D eigenvalue weighted by molar-refractivity contribution is -0.140. The monoisotopic (exact) mass is 331 g/mol. The van der Waals surface area contributed by atoms with Gasteiger partial charge in [-0.05, 0) is 36.5 Å². The van der Waals surface area contributed by atoms with Gasteiger partial charge in [0.1, 0.15) is 11.8 Å². The third kappa shape index (κ3) is 3.19. The number of methoxy groups -OCH3 is 1. The Bertz CT molecular complexity index is 675. The zero-order valence-corrected chi connectivity index (χ0v) is 13.5. The summed E-state index contributed by atoms with van der Waals surface area (Å²) in [7, 11) is 1.38. The first-order valence-electron chi connectivity index (χ1n) is 7.29. The molecule has 3 heterocycles. The molecule has 2 atom stereocenters. The van der Waals surface area contributed by atoms with Crippen LogP contribution >= 0.6 is 12.2 Å². The molecule has 0 radical (unpaired) electrons. The van der Waals surface area contributed by atoms with Gasteiger partial charge in [-0.2, -0.15) is 0 Å². The number of carbonyl (C=O) groups is 1. The first-order valence-corrected chi connectivity index (χ1v) is 7.70. The highest BCUT2D eigenvalue weighted by atomic mass is 32.1. The van der Waals surface area contributed by atoms with Crippen LogP contribution in [-0.2, 0) is 9.53 Å². The molecule has 120 valence electrons. The summed E-state index contributed by atoms with van der Waals surface area (Å²) >= 11 is 5.45. The molecule has 1 aliphatic rings. The molecule has 1 fully saturated rings. The Morgan fingerprint density at radius 1 is 1.43 bits per heavy atom. The van der Waals surface area contributed by atoms with Crippen LogP contribution in [0.15, 0.2) is 47.2 Å². The van der Waals surface area contributed by atoms with Crippen molar-refractivity contribution in [2.24, 2.45) is 0 Å². The molecule has 1 aliphatic heterocycles. The van der Waals surface area contributed by atoms with Crippen LogP contribution in [-0.4, -0.2) is 34.6 Å². The summed E-state index contributed by atoms with van der Waals surface area (Å²) < 4.78 is 10.3. The zero-order valence-electron chi connectivity index (χ0n) is 12.6. The SMILES string of the molecule is COC(=O)CCN1C(=S)N[C@@H](c2ccccn2)[C@@H]1c1ccco1. The predicted molar refractivity (Wildman–Crippen MR) is 87.5 cm³/mol. The van der Waals surface area contributed by atoms with E-state index in [1.54, 1.807) is 12.5 Å². The van der Waals surface area contributed by atoms with E-state index in [0.717, 1.165) is 11.5 Å². The fourth-order valence-corrected chi connectivity index (χ4v) is 3.06. The number of carbonyl (C=O) groups excluding carboxylic acids is 1. The number of nitrogens with one attached hydrogen (secondary N) is 1. The summed E-state index contributed by atoms with van der Waals surface area (Å²) in [5.41, 5.74) is 0.872. The van der Waals surface area contributed by atoms with Gasteiger partial charge in [0, 0.05) is 12.7 Å². The fraction of sp³-hybridized carbons (Fsp3) is 0.312. The van der Waals surface area contributed by atoms with E-state index in [0.29, 0.717) is 11.7 Å². The third-order valence-electron chi connectivity index (χ3n) is 3.82. The normalized spacial score (nSPS) is 20.4. The van der Waals surface area contributed by atoms with Crippen LogP contribution in [0.1, 0.15) is 30.0 Å². The van der Waals surface area contributed by atoms with Crippen LogP contribution < -0.4 is 5.32 Å². The van der Waals surface area contributed by atoms with Gasteiger partial charge in [0.2, 0.25) is 0 Å². The van der Waals surface area contributed by atoms with Gasteiger partial charge in [-0.15, -0.1) is 0 Å². The van der Waals surface area contributed by atoms with Crippen molar-refractivity contribution < 1.29 is 13.9 Å². The quantitative estimate of drug-likeness (QED) is 0.665. The molecule has 1 saturated heterocycles. The van der Waals surface area contributed by atoms with Gasteiger partial charge in [-0.25, -0.2) is 0 Å². The molecule has 23 heavy (non-hydrogen) atoms. The second-order valence-electron chi connectivity index (χ2n) is 5.16. The molecule has 2 aromatic rings. The molecule has 6 nitrogen and oxygen atoms in total. The Balaban J connectivity index is 1.89. The molecule has 0 amide bonds. The Morgan fingerprint density at radius 3 is 2.96 bits per heavy atom. The number of rotatable bonds is 5. The third-order valence-corrected chi connectivity index (χ3v) is 4.17. The Labute approximate surface area is 139 Å². The average molecular weight is 331 g/mol. The van der Waals surface area contributed by atoms with Gasteiger partial charge < -0.3 is 19.4 Å². The Hall–Kier alpha value is -2.41. The Kier molecular flexibility index (Phi) is 4.57. The highest BCUT2D eigenvalue weighted by Gasteiger charge is 2.41. The number of aromatic nitrogens is 1. The summed E-state index contributed by atoms with van der Waals surface area (Å²) in [6.07, 6.45) is 3.63. The number of hydrogen-bond acceptors (Lipinski definition) is 5. The number of thiocarbonyl (C=S) groups is 1. The van der Waals surface area contributed by atoms with Crippen LogP contribution in [0.2, 0.25) is 0 Å². The highest BCUT2D eigenvalue weighted by molar-refractivity contribution is 7.80. The number of furan rings is 1. The minimum Gasteiger partial charge on any atom is -0.469 e. The topological polar surface area (TPSA) is 67.6 Å². The largest absolute Gasteiger partial charge is 0.469 e. The first-order chi connectivity index (χ1) is 11.2. The summed E-state index contributed by atoms with van der Waals surface area (Å²) in [4.78, 5) is 17.8. The van der Waals surface area contributed by atoms with Gasteiger partial charge in [-0.1, -0.05) is 6.07 Å². The van der Waals surface area contributed by atoms with E-state index in [1.807, 2.05) is 35.2 Å². The number of ether oxygens (including phenoxy) is 1. The van der Waals surface area contributed by atoms with E-state index in [9.17, 15) is 4.79 Å². The van der Waals surface area contributed by atoms with E-state index in [-0.39, 0.29) is 24.5 Å². The number of hydrogen-bond donors (Lipinski definition) is 1. The lowest BCUT2D eigenvalue weighted by Gasteiger charge is -2.25. The lowest BCUT2D eigenvalue weighted by Crippen LogP contribution is -2.31. The second kappa shape index (κ2) is 6.78. The van der Waals surface area contributed by atoms with Crippen LogP contribution in [0.5, 0.6) is 0 Å². The van der Waals surface area contributed by atoms with Crippen molar-refractivity contribution in [1.29, 1.82) is 0 Å². The second-order valence-corrected chi connectivity index (χ2v) is 5.55. The minimum absolute atomic E-state index is 0.132. The molecule has 0 saturated carbocycles. The molecule has 2 aromatic heterocycles. The molecule has 0 bridgehead atoms. The maximum atomic E-state index is 11.5. The van der Waals surface area contributed by atoms with Crippen molar-refractivity contribution in [2.45, 2.75) is 18.5 Å². The van der Waals surface area contributed by atoms with Crippen molar-refractivity contribution in [3.05, 3.63) is 54.2 Å². The molecule has 1 N–H and O–H groups in total. The maximum absolute atomic E-state index is 11.5. The van der Waals surface area contributed by atoms with Crippen molar-refractivity contribution in [3.63, 3.8) is 0 Å². The van der Waals surface area contributed by atoms with Gasteiger partial charge in [-0.3, -0.25) is 9.78 Å². The molecule has 0 spiro atoms. The summed E-state index contributed by atoms with van der Waals surface area (Å²) in [6.45, 7) is 0.452. The van der Waals surface area contributed by atoms with Crippen molar-refractivity contribution in [2.75, 3.05) is 13.7 Å². The zero-order chi connectivity index (χ0) is 16.2. The molecular formula is C16H17N3O3S. The minimum atomic E-state index is -0.271. The van der Waals surface area contributed by atoms with E-state index in [4.69, 9.17) is 21.4 Å². The van der Waals surface area contributed by atoms with E-state index >= 15 is 0 Å². The molecule has 0 unspecified atom stereocenters. The first kappa shape index (κ1) is 15.5. The van der Waals surface area contributed by atoms with Crippen molar-refractivity contribution in [3.8, 4) is 0 Å². The van der Waals surface area contributed by atoms with Gasteiger partial charge in [0.05, 0.1) is 31.5 Å². The Morgan fingerprint density at radius 2 is 2.30 bits per heavy atom. The highest BCUT2D eigenvalue weighted by Crippen LogP contribution is 2.38. The van der Waals surface area contributed by atoms with Crippen molar-refractivity contribution in [1.82, 2.24) is 15.2 Å². The number of pyridine rings is 1.